The molecule has 118 valence electrons. The minimum Gasteiger partial charge on any atom is -0.391 e. The molecule has 2 fully saturated rings. The maximum absolute atomic E-state index is 12.3. The van der Waals surface area contributed by atoms with Crippen molar-refractivity contribution >= 4 is 11.8 Å². The molecule has 4 unspecified atom stereocenters. The molecule has 22 heavy (non-hydrogen) atoms. The molecule has 0 aromatic carbocycles. The molecule has 1 aromatic rings. The second-order valence-electron chi connectivity index (χ2n) is 6.07. The molecule has 2 amide bonds. The van der Waals surface area contributed by atoms with E-state index in [1.165, 1.54) is 0 Å². The zero-order valence-corrected chi connectivity index (χ0v) is 12.4. The number of piperidine rings is 1. The summed E-state index contributed by atoms with van der Waals surface area (Å²) in [6.07, 6.45) is 4.59. The Morgan fingerprint density at radius 1 is 1.36 bits per heavy atom. The molecule has 1 aliphatic heterocycles. The average molecular weight is 303 g/mol. The summed E-state index contributed by atoms with van der Waals surface area (Å²) in [7, 11) is 0. The highest BCUT2D eigenvalue weighted by Gasteiger charge is 2.47. The lowest BCUT2D eigenvalue weighted by molar-refractivity contribution is -0.148. The Hall–Kier alpha value is -1.95. The van der Waals surface area contributed by atoms with Crippen LogP contribution in [0.2, 0.25) is 0 Å². The van der Waals surface area contributed by atoms with Crippen molar-refractivity contribution in [3.63, 3.8) is 0 Å². The van der Waals surface area contributed by atoms with Gasteiger partial charge in [0, 0.05) is 18.2 Å². The number of hydrogen-bond donors (Lipinski definition) is 3. The third-order valence-electron chi connectivity index (χ3n) is 4.66. The molecule has 3 rings (SSSR count). The first-order chi connectivity index (χ1) is 10.7. The molecular formula is C16H21N3O3. The fraction of sp³-hybridized carbons (Fsp3) is 0.562. The molecule has 6 nitrogen and oxygen atoms in total. The Morgan fingerprint density at radius 2 is 2.18 bits per heavy atom. The van der Waals surface area contributed by atoms with E-state index in [9.17, 15) is 14.7 Å². The van der Waals surface area contributed by atoms with Crippen molar-refractivity contribution in [2.45, 2.75) is 44.4 Å². The number of fused-ring (bicyclic) bond motifs is 1. The molecule has 0 radical (unpaired) electrons. The van der Waals surface area contributed by atoms with Crippen molar-refractivity contribution in [2.75, 3.05) is 0 Å². The number of nitrogens with zero attached hydrogens (tertiary/aromatic N) is 1. The molecule has 0 bridgehead atoms. The number of pyridine rings is 1. The Morgan fingerprint density at radius 3 is 2.95 bits per heavy atom. The summed E-state index contributed by atoms with van der Waals surface area (Å²) in [5.41, 5.74) is 0.720. The second kappa shape index (κ2) is 6.44. The lowest BCUT2D eigenvalue weighted by Crippen LogP contribution is -2.61. The van der Waals surface area contributed by atoms with Crippen LogP contribution in [0.3, 0.4) is 0 Å². The maximum atomic E-state index is 12.3. The van der Waals surface area contributed by atoms with Gasteiger partial charge in [-0.15, -0.1) is 0 Å². The Kier molecular flexibility index (Phi) is 4.38. The monoisotopic (exact) mass is 303 g/mol. The molecule has 4 atom stereocenters. The maximum Gasteiger partial charge on any atom is 0.235 e. The normalized spacial score (nSPS) is 31.0. The first kappa shape index (κ1) is 15.0. The van der Waals surface area contributed by atoms with Crippen LogP contribution in [0.5, 0.6) is 0 Å². The van der Waals surface area contributed by atoms with Crippen molar-refractivity contribution in [3.8, 4) is 0 Å². The van der Waals surface area contributed by atoms with E-state index < -0.39 is 17.9 Å². The molecule has 6 heteroatoms. The van der Waals surface area contributed by atoms with Gasteiger partial charge in [-0.1, -0.05) is 18.9 Å². The van der Waals surface area contributed by atoms with Gasteiger partial charge in [-0.05, 0) is 25.0 Å². The molecule has 1 aromatic heterocycles. The van der Waals surface area contributed by atoms with E-state index in [0.29, 0.717) is 0 Å². The molecule has 1 saturated heterocycles. The van der Waals surface area contributed by atoms with Crippen LogP contribution in [0.1, 0.15) is 31.4 Å². The van der Waals surface area contributed by atoms with Crippen LogP contribution in [-0.2, 0) is 16.1 Å². The Labute approximate surface area is 129 Å². The number of rotatable bonds is 3. The van der Waals surface area contributed by atoms with Crippen molar-refractivity contribution in [1.82, 2.24) is 15.6 Å². The Bertz CT molecular complexity index is 549. The summed E-state index contributed by atoms with van der Waals surface area (Å²) in [4.78, 5) is 28.6. The third-order valence-corrected chi connectivity index (χ3v) is 4.66. The standard InChI is InChI=1S/C16H21N3O3/c20-14-11-6-1-2-7-12(11)19-16(22)13(14)15(21)18-9-10-5-3-4-8-17-10/h3-5,8,11-14,20H,1-2,6-7,9H2,(H,18,21)(H,19,22). The van der Waals surface area contributed by atoms with Crippen molar-refractivity contribution in [3.05, 3.63) is 30.1 Å². The molecule has 1 saturated carbocycles. The van der Waals surface area contributed by atoms with Crippen LogP contribution in [0, 0.1) is 11.8 Å². The minimum absolute atomic E-state index is 0.0103. The predicted molar refractivity (Wildman–Crippen MR) is 79.5 cm³/mol. The quantitative estimate of drug-likeness (QED) is 0.703. The van der Waals surface area contributed by atoms with E-state index in [1.807, 2.05) is 6.07 Å². The SMILES string of the molecule is O=C(NCc1ccccn1)C1C(=O)NC2CCCCC2C1O. The van der Waals surface area contributed by atoms with Crippen molar-refractivity contribution in [2.24, 2.45) is 11.8 Å². The number of aliphatic hydroxyl groups is 1. The van der Waals surface area contributed by atoms with E-state index in [0.717, 1.165) is 31.4 Å². The summed E-state index contributed by atoms with van der Waals surface area (Å²) in [5.74, 6) is -1.84. The van der Waals surface area contributed by atoms with E-state index in [4.69, 9.17) is 0 Å². The fourth-order valence-corrected chi connectivity index (χ4v) is 3.49. The second-order valence-corrected chi connectivity index (χ2v) is 6.07. The zero-order valence-electron chi connectivity index (χ0n) is 12.4. The van der Waals surface area contributed by atoms with Gasteiger partial charge in [0.2, 0.25) is 11.8 Å². The Balaban J connectivity index is 1.64. The molecule has 3 N–H and O–H groups in total. The molecule has 2 aliphatic rings. The van der Waals surface area contributed by atoms with Gasteiger partial charge in [0.05, 0.1) is 18.3 Å². The number of amides is 2. The molecule has 1 aliphatic carbocycles. The van der Waals surface area contributed by atoms with Gasteiger partial charge in [0.25, 0.3) is 0 Å². The molecular weight excluding hydrogens is 282 g/mol. The number of aromatic nitrogens is 1. The van der Waals surface area contributed by atoms with E-state index >= 15 is 0 Å². The lowest BCUT2D eigenvalue weighted by Gasteiger charge is -2.42. The molecule has 2 heterocycles. The number of carbonyl (C=O) groups is 2. The van der Waals surface area contributed by atoms with Crippen LogP contribution in [0.4, 0.5) is 0 Å². The lowest BCUT2D eigenvalue weighted by atomic mass is 9.73. The first-order valence-electron chi connectivity index (χ1n) is 7.83. The summed E-state index contributed by atoms with van der Waals surface area (Å²) in [5, 5.41) is 16.1. The average Bonchev–Trinajstić information content (AvgIpc) is 2.54. The van der Waals surface area contributed by atoms with Gasteiger partial charge in [-0.25, -0.2) is 0 Å². The van der Waals surface area contributed by atoms with Crippen molar-refractivity contribution < 1.29 is 14.7 Å². The van der Waals surface area contributed by atoms with Crippen LogP contribution < -0.4 is 10.6 Å². The van der Waals surface area contributed by atoms with Gasteiger partial charge < -0.3 is 15.7 Å². The van der Waals surface area contributed by atoms with Gasteiger partial charge >= 0.3 is 0 Å². The summed E-state index contributed by atoms with van der Waals surface area (Å²) in [6, 6.07) is 5.45. The third kappa shape index (κ3) is 2.97. The smallest absolute Gasteiger partial charge is 0.235 e. The number of nitrogens with one attached hydrogen (secondary N) is 2. The van der Waals surface area contributed by atoms with Crippen LogP contribution in [0.15, 0.2) is 24.4 Å². The van der Waals surface area contributed by atoms with Gasteiger partial charge in [-0.2, -0.15) is 0 Å². The largest absolute Gasteiger partial charge is 0.391 e. The molecule has 0 spiro atoms. The first-order valence-corrected chi connectivity index (χ1v) is 7.83. The summed E-state index contributed by atoms with van der Waals surface area (Å²) < 4.78 is 0. The number of aliphatic hydroxyl groups excluding tert-OH is 1. The van der Waals surface area contributed by atoms with E-state index in [-0.39, 0.29) is 24.4 Å². The summed E-state index contributed by atoms with van der Waals surface area (Å²) in [6.45, 7) is 0.254. The van der Waals surface area contributed by atoms with Gasteiger partial charge in [0.1, 0.15) is 5.92 Å². The van der Waals surface area contributed by atoms with Crippen LogP contribution in [-0.4, -0.2) is 34.1 Å². The minimum atomic E-state index is -1.02. The van der Waals surface area contributed by atoms with E-state index in [2.05, 4.69) is 15.6 Å². The fourth-order valence-electron chi connectivity index (χ4n) is 3.49. The van der Waals surface area contributed by atoms with Crippen LogP contribution in [0.25, 0.3) is 0 Å². The van der Waals surface area contributed by atoms with Gasteiger partial charge in [0.15, 0.2) is 0 Å². The number of carbonyl (C=O) groups excluding carboxylic acids is 2. The highest BCUT2D eigenvalue weighted by molar-refractivity contribution is 6.01. The topological polar surface area (TPSA) is 91.3 Å². The van der Waals surface area contributed by atoms with E-state index in [1.54, 1.807) is 18.3 Å². The predicted octanol–water partition coefficient (Wildman–Crippen LogP) is 0.363. The number of hydrogen-bond acceptors (Lipinski definition) is 4. The van der Waals surface area contributed by atoms with Gasteiger partial charge in [-0.3, -0.25) is 14.6 Å². The highest BCUT2D eigenvalue weighted by Crippen LogP contribution is 2.33. The zero-order chi connectivity index (χ0) is 15.5. The van der Waals surface area contributed by atoms with Crippen LogP contribution >= 0.6 is 0 Å². The highest BCUT2D eigenvalue weighted by atomic mass is 16.3. The van der Waals surface area contributed by atoms with Crippen molar-refractivity contribution in [1.29, 1.82) is 0 Å². The summed E-state index contributed by atoms with van der Waals surface area (Å²) >= 11 is 0.